The van der Waals surface area contributed by atoms with Gasteiger partial charge in [0.1, 0.15) is 23.4 Å². The number of fused-ring (bicyclic) bond motifs is 1. The lowest BCUT2D eigenvalue weighted by molar-refractivity contribution is 0.241. The number of rotatable bonds is 5. The number of ether oxygens (including phenoxy) is 2. The Balaban J connectivity index is 1.80. The summed E-state index contributed by atoms with van der Waals surface area (Å²) >= 11 is 0. The summed E-state index contributed by atoms with van der Waals surface area (Å²) in [7, 11) is 4.10. The predicted molar refractivity (Wildman–Crippen MR) is 87.5 cm³/mol. The normalized spacial score (nSPS) is 16.5. The van der Waals surface area contributed by atoms with E-state index in [1.54, 1.807) is 0 Å². The van der Waals surface area contributed by atoms with Crippen LogP contribution in [0.25, 0.3) is 0 Å². The minimum absolute atomic E-state index is 0.0891. The smallest absolute Gasteiger partial charge is 0.131 e. The van der Waals surface area contributed by atoms with E-state index in [0.29, 0.717) is 6.54 Å². The lowest BCUT2D eigenvalue weighted by Gasteiger charge is -2.15. The number of para-hydroxylation sites is 1. The zero-order chi connectivity index (χ0) is 15.5. The van der Waals surface area contributed by atoms with E-state index in [9.17, 15) is 0 Å². The molecular formula is C18H22N2O2. The van der Waals surface area contributed by atoms with E-state index in [4.69, 9.17) is 15.2 Å². The Labute approximate surface area is 131 Å². The molecule has 4 heteroatoms. The van der Waals surface area contributed by atoms with Gasteiger partial charge in [-0.15, -0.1) is 0 Å². The van der Waals surface area contributed by atoms with Gasteiger partial charge in [0.05, 0.1) is 0 Å². The fourth-order valence-corrected chi connectivity index (χ4v) is 2.69. The first-order chi connectivity index (χ1) is 10.7. The van der Waals surface area contributed by atoms with Gasteiger partial charge in [0, 0.05) is 30.6 Å². The molecule has 1 unspecified atom stereocenters. The second kappa shape index (κ2) is 6.38. The highest BCUT2D eigenvalue weighted by Gasteiger charge is 2.22. The van der Waals surface area contributed by atoms with Gasteiger partial charge in [-0.05, 0) is 38.4 Å². The average Bonchev–Trinajstić information content (AvgIpc) is 2.91. The summed E-state index contributed by atoms with van der Waals surface area (Å²) in [6.07, 6.45) is 0.939. The predicted octanol–water partition coefficient (Wildman–Crippen LogP) is 2.80. The van der Waals surface area contributed by atoms with Crippen molar-refractivity contribution in [2.75, 3.05) is 20.6 Å². The standard InChI is InChI=1S/C18H22N2O2/c1-20(2)12-13-5-3-4-6-17(13)21-15-7-8-18-14(9-15)10-16(11-19)22-18/h3-9,16H,10-12,19H2,1-2H3. The van der Waals surface area contributed by atoms with Gasteiger partial charge in [-0.3, -0.25) is 0 Å². The molecule has 0 saturated carbocycles. The molecule has 1 heterocycles. The molecule has 1 atom stereocenters. The Kier molecular flexibility index (Phi) is 4.32. The van der Waals surface area contributed by atoms with Crippen LogP contribution in [0.2, 0.25) is 0 Å². The maximum atomic E-state index is 6.09. The highest BCUT2D eigenvalue weighted by molar-refractivity contribution is 5.45. The summed E-state index contributed by atoms with van der Waals surface area (Å²) in [5.74, 6) is 2.65. The Hall–Kier alpha value is -2.04. The van der Waals surface area contributed by atoms with E-state index in [1.807, 2.05) is 30.3 Å². The average molecular weight is 298 g/mol. The molecule has 4 nitrogen and oxygen atoms in total. The summed E-state index contributed by atoms with van der Waals surface area (Å²) < 4.78 is 11.8. The van der Waals surface area contributed by atoms with Crippen molar-refractivity contribution in [2.24, 2.45) is 5.73 Å². The Morgan fingerprint density at radius 3 is 2.82 bits per heavy atom. The van der Waals surface area contributed by atoms with Crippen LogP contribution in [0.5, 0.6) is 17.2 Å². The maximum absolute atomic E-state index is 6.09. The maximum Gasteiger partial charge on any atom is 0.131 e. The molecule has 0 amide bonds. The van der Waals surface area contributed by atoms with Crippen LogP contribution in [0.1, 0.15) is 11.1 Å². The summed E-state index contributed by atoms with van der Waals surface area (Å²) in [6.45, 7) is 1.38. The minimum Gasteiger partial charge on any atom is -0.488 e. The fraction of sp³-hybridized carbons (Fsp3) is 0.333. The molecule has 1 aliphatic rings. The van der Waals surface area contributed by atoms with E-state index in [0.717, 1.165) is 35.8 Å². The van der Waals surface area contributed by atoms with Gasteiger partial charge in [-0.1, -0.05) is 18.2 Å². The number of benzene rings is 2. The van der Waals surface area contributed by atoms with Gasteiger partial charge in [-0.2, -0.15) is 0 Å². The Bertz CT molecular complexity index is 655. The van der Waals surface area contributed by atoms with Gasteiger partial charge in [-0.25, -0.2) is 0 Å². The van der Waals surface area contributed by atoms with E-state index in [1.165, 1.54) is 5.56 Å². The largest absolute Gasteiger partial charge is 0.488 e. The molecule has 0 radical (unpaired) electrons. The van der Waals surface area contributed by atoms with Crippen LogP contribution in [0.4, 0.5) is 0 Å². The van der Waals surface area contributed by atoms with Crippen molar-refractivity contribution in [2.45, 2.75) is 19.1 Å². The monoisotopic (exact) mass is 298 g/mol. The molecule has 0 aliphatic carbocycles. The molecular weight excluding hydrogens is 276 g/mol. The van der Waals surface area contributed by atoms with E-state index >= 15 is 0 Å². The third kappa shape index (κ3) is 3.24. The number of nitrogens with two attached hydrogens (primary N) is 1. The van der Waals surface area contributed by atoms with E-state index in [2.05, 4.69) is 31.1 Å². The molecule has 0 bridgehead atoms. The van der Waals surface area contributed by atoms with Crippen molar-refractivity contribution in [3.05, 3.63) is 53.6 Å². The minimum atomic E-state index is 0.0891. The van der Waals surface area contributed by atoms with Crippen LogP contribution in [0, 0.1) is 0 Å². The second-order valence-electron chi connectivity index (χ2n) is 5.90. The molecule has 0 aromatic heterocycles. The molecule has 1 aliphatic heterocycles. The van der Waals surface area contributed by atoms with Crippen LogP contribution in [-0.4, -0.2) is 31.6 Å². The third-order valence-corrected chi connectivity index (χ3v) is 3.72. The van der Waals surface area contributed by atoms with Crippen molar-refractivity contribution in [1.29, 1.82) is 0 Å². The Morgan fingerprint density at radius 2 is 2.05 bits per heavy atom. The molecule has 0 fully saturated rings. The molecule has 0 spiro atoms. The van der Waals surface area contributed by atoms with E-state index < -0.39 is 0 Å². The second-order valence-corrected chi connectivity index (χ2v) is 5.90. The van der Waals surface area contributed by atoms with Gasteiger partial charge in [0.2, 0.25) is 0 Å². The molecule has 2 aromatic rings. The summed E-state index contributed by atoms with van der Waals surface area (Å²) in [6, 6.07) is 14.1. The number of hydrogen-bond donors (Lipinski definition) is 1. The van der Waals surface area contributed by atoms with Crippen LogP contribution in [-0.2, 0) is 13.0 Å². The highest BCUT2D eigenvalue weighted by Crippen LogP contribution is 2.34. The van der Waals surface area contributed by atoms with Crippen LogP contribution >= 0.6 is 0 Å². The molecule has 0 saturated heterocycles. The lowest BCUT2D eigenvalue weighted by Crippen LogP contribution is -2.24. The summed E-state index contributed by atoms with van der Waals surface area (Å²) in [4.78, 5) is 2.13. The van der Waals surface area contributed by atoms with Crippen molar-refractivity contribution >= 4 is 0 Å². The lowest BCUT2D eigenvalue weighted by atomic mass is 10.1. The quantitative estimate of drug-likeness (QED) is 0.922. The van der Waals surface area contributed by atoms with Gasteiger partial charge < -0.3 is 20.1 Å². The first kappa shape index (κ1) is 14.9. The molecule has 2 aromatic carbocycles. The Morgan fingerprint density at radius 1 is 1.23 bits per heavy atom. The van der Waals surface area contributed by atoms with Gasteiger partial charge in [0.15, 0.2) is 0 Å². The van der Waals surface area contributed by atoms with Gasteiger partial charge >= 0.3 is 0 Å². The first-order valence-electron chi connectivity index (χ1n) is 7.56. The third-order valence-electron chi connectivity index (χ3n) is 3.72. The zero-order valence-electron chi connectivity index (χ0n) is 13.1. The van der Waals surface area contributed by atoms with Crippen LogP contribution in [0.3, 0.4) is 0 Å². The van der Waals surface area contributed by atoms with Crippen molar-refractivity contribution in [1.82, 2.24) is 4.90 Å². The number of nitrogens with zero attached hydrogens (tertiary/aromatic N) is 1. The topological polar surface area (TPSA) is 47.7 Å². The first-order valence-corrected chi connectivity index (χ1v) is 7.56. The fourth-order valence-electron chi connectivity index (χ4n) is 2.69. The summed E-state index contributed by atoms with van der Waals surface area (Å²) in [5, 5.41) is 0. The molecule has 2 N–H and O–H groups in total. The van der Waals surface area contributed by atoms with Crippen LogP contribution in [0.15, 0.2) is 42.5 Å². The molecule has 22 heavy (non-hydrogen) atoms. The van der Waals surface area contributed by atoms with Gasteiger partial charge in [0.25, 0.3) is 0 Å². The summed E-state index contributed by atoms with van der Waals surface area (Å²) in [5.41, 5.74) is 8.02. The van der Waals surface area contributed by atoms with Crippen LogP contribution < -0.4 is 15.2 Å². The van der Waals surface area contributed by atoms with Crippen molar-refractivity contribution in [3.8, 4) is 17.2 Å². The van der Waals surface area contributed by atoms with E-state index in [-0.39, 0.29) is 6.10 Å². The molecule has 116 valence electrons. The SMILES string of the molecule is CN(C)Cc1ccccc1Oc1ccc2c(c1)CC(CN)O2. The van der Waals surface area contributed by atoms with Crippen molar-refractivity contribution in [3.63, 3.8) is 0 Å². The van der Waals surface area contributed by atoms with Crippen molar-refractivity contribution < 1.29 is 9.47 Å². The highest BCUT2D eigenvalue weighted by atomic mass is 16.5. The number of hydrogen-bond acceptors (Lipinski definition) is 4. The molecule has 3 rings (SSSR count). The zero-order valence-corrected chi connectivity index (χ0v) is 13.1.